The smallest absolute Gasteiger partial charge is 0.334 e. The molecule has 0 fully saturated rings. The number of ether oxygens (including phenoxy) is 3. The van der Waals surface area contributed by atoms with E-state index in [0.717, 1.165) is 0 Å². The molecule has 0 saturated heterocycles. The Morgan fingerprint density at radius 2 is 1.62 bits per heavy atom. The van der Waals surface area contributed by atoms with Crippen LogP contribution in [-0.4, -0.2) is 51.1 Å². The molecule has 1 unspecified atom stereocenters. The number of aliphatic hydroxyl groups is 1. The quantitative estimate of drug-likeness (QED) is 0.691. The molecule has 1 N–H and O–H groups in total. The summed E-state index contributed by atoms with van der Waals surface area (Å²) in [5, 5.41) is 8.92. The zero-order chi connectivity index (χ0) is 13.1. The van der Waals surface area contributed by atoms with Gasteiger partial charge in [0.25, 0.3) is 0 Å². The predicted octanol–water partition coefficient (Wildman–Crippen LogP) is -0.0179. The molecule has 0 radical (unpaired) electrons. The highest BCUT2D eigenvalue weighted by Gasteiger charge is 2.18. The van der Waals surface area contributed by atoms with E-state index in [0.29, 0.717) is 0 Å². The highest BCUT2D eigenvalue weighted by molar-refractivity contribution is 5.74. The van der Waals surface area contributed by atoms with Crippen LogP contribution in [-0.2, 0) is 23.8 Å². The maximum absolute atomic E-state index is 10.5. The monoisotopic (exact) mass is 236 g/mol. The van der Waals surface area contributed by atoms with Gasteiger partial charge in [-0.3, -0.25) is 0 Å². The number of carbonyl (C=O) groups excluding carboxylic acids is 2. The van der Waals surface area contributed by atoms with Crippen molar-refractivity contribution < 1.29 is 28.9 Å². The van der Waals surface area contributed by atoms with Crippen LogP contribution in [0.3, 0.4) is 0 Å². The van der Waals surface area contributed by atoms with Gasteiger partial charge in [-0.2, -0.15) is 0 Å². The Balaban J connectivity index is 0. The molecule has 0 rings (SSSR count). The second-order valence-corrected chi connectivity index (χ2v) is 3.22. The van der Waals surface area contributed by atoms with Gasteiger partial charge in [-0.05, 0) is 5.92 Å². The number of hydrogen-bond acceptors (Lipinski definition) is 6. The Kier molecular flexibility index (Phi) is 11.2. The van der Waals surface area contributed by atoms with Crippen molar-refractivity contribution >= 4 is 11.9 Å². The zero-order valence-electron chi connectivity index (χ0n) is 10.4. The number of carbonyl (C=O) groups is 2. The molecular formula is C10H20O6. The van der Waals surface area contributed by atoms with Crippen LogP contribution < -0.4 is 0 Å². The molecule has 0 amide bonds. The molecule has 6 heteroatoms. The molecule has 0 spiro atoms. The van der Waals surface area contributed by atoms with Crippen molar-refractivity contribution in [2.45, 2.75) is 20.0 Å². The molecule has 0 aromatic rings. The van der Waals surface area contributed by atoms with Crippen molar-refractivity contribution in [3.8, 4) is 0 Å². The van der Waals surface area contributed by atoms with Gasteiger partial charge in [0.2, 0.25) is 0 Å². The van der Waals surface area contributed by atoms with E-state index in [1.807, 2.05) is 0 Å². The van der Waals surface area contributed by atoms with Crippen molar-refractivity contribution in [3.05, 3.63) is 0 Å². The maximum atomic E-state index is 10.5. The zero-order valence-corrected chi connectivity index (χ0v) is 10.4. The average Bonchev–Trinajstić information content (AvgIpc) is 2.27. The van der Waals surface area contributed by atoms with Crippen LogP contribution in [0.4, 0.5) is 0 Å². The fourth-order valence-corrected chi connectivity index (χ4v) is 0.570. The Hall–Kier alpha value is -1.14. The van der Waals surface area contributed by atoms with Gasteiger partial charge in [-0.1, -0.05) is 13.8 Å². The van der Waals surface area contributed by atoms with E-state index >= 15 is 0 Å². The molecule has 96 valence electrons. The number of esters is 2. The average molecular weight is 236 g/mol. The lowest BCUT2D eigenvalue weighted by Gasteiger charge is -2.10. The third kappa shape index (κ3) is 9.42. The first-order valence-corrected chi connectivity index (χ1v) is 4.72. The summed E-state index contributed by atoms with van der Waals surface area (Å²) in [5.41, 5.74) is 0. The first kappa shape index (κ1) is 17.3. The van der Waals surface area contributed by atoms with Gasteiger partial charge >= 0.3 is 11.9 Å². The first-order valence-electron chi connectivity index (χ1n) is 4.72. The Morgan fingerprint density at radius 3 is 1.75 bits per heavy atom. The second kappa shape index (κ2) is 10.4. The molecular weight excluding hydrogens is 216 g/mol. The molecule has 0 aliphatic rings. The Labute approximate surface area is 95.5 Å². The van der Waals surface area contributed by atoms with Gasteiger partial charge in [0.15, 0.2) is 6.10 Å². The first-order chi connectivity index (χ1) is 7.40. The molecule has 0 aromatic heterocycles. The highest BCUT2D eigenvalue weighted by Crippen LogP contribution is 2.01. The summed E-state index contributed by atoms with van der Waals surface area (Å²) in [6.07, 6.45) is -0.977. The van der Waals surface area contributed by atoms with E-state index in [4.69, 9.17) is 5.11 Å². The summed E-state index contributed by atoms with van der Waals surface area (Å²) in [6.45, 7) is 3.54. The summed E-state index contributed by atoms with van der Waals surface area (Å²) in [5.74, 6) is -0.982. The number of aliphatic hydroxyl groups excluding tert-OH is 1. The van der Waals surface area contributed by atoms with Gasteiger partial charge < -0.3 is 19.3 Å². The van der Waals surface area contributed by atoms with Crippen LogP contribution in [0, 0.1) is 5.92 Å². The van der Waals surface area contributed by atoms with Crippen LogP contribution in [0.5, 0.6) is 0 Å². The minimum atomic E-state index is -0.977. The number of hydrogen-bond donors (Lipinski definition) is 1. The van der Waals surface area contributed by atoms with Gasteiger partial charge in [-0.15, -0.1) is 0 Å². The summed E-state index contributed by atoms with van der Waals surface area (Å²) in [6, 6.07) is 0. The van der Waals surface area contributed by atoms with Crippen LogP contribution in [0.1, 0.15) is 13.8 Å². The summed E-state index contributed by atoms with van der Waals surface area (Å²) in [7, 11) is 4.02. The standard InChI is InChI=1S/C6H12O3.C4H8O3/c1-4(2)5(7)6(8)9-3;1-6-3-4(5)7-2/h4-5,7H,1-3H3;3H2,1-2H3. The minimum absolute atomic E-state index is 0.0382. The van der Waals surface area contributed by atoms with Crippen LogP contribution >= 0.6 is 0 Å². The van der Waals surface area contributed by atoms with Gasteiger partial charge in [0.1, 0.15) is 6.61 Å². The van der Waals surface area contributed by atoms with Gasteiger partial charge in [0.05, 0.1) is 14.2 Å². The van der Waals surface area contributed by atoms with E-state index in [-0.39, 0.29) is 18.5 Å². The van der Waals surface area contributed by atoms with Gasteiger partial charge in [0, 0.05) is 7.11 Å². The fourth-order valence-electron chi connectivity index (χ4n) is 0.570. The third-order valence-electron chi connectivity index (χ3n) is 1.56. The molecule has 16 heavy (non-hydrogen) atoms. The van der Waals surface area contributed by atoms with Crippen molar-refractivity contribution in [2.24, 2.45) is 5.92 Å². The lowest BCUT2D eigenvalue weighted by atomic mass is 10.1. The van der Waals surface area contributed by atoms with Crippen LogP contribution in [0.25, 0.3) is 0 Å². The predicted molar refractivity (Wildman–Crippen MR) is 56.8 cm³/mol. The molecule has 0 saturated carbocycles. The summed E-state index contributed by atoms with van der Waals surface area (Å²) < 4.78 is 12.9. The maximum Gasteiger partial charge on any atom is 0.334 e. The second-order valence-electron chi connectivity index (χ2n) is 3.22. The van der Waals surface area contributed by atoms with Crippen LogP contribution in [0.2, 0.25) is 0 Å². The van der Waals surface area contributed by atoms with Crippen molar-refractivity contribution in [3.63, 3.8) is 0 Å². The normalized spacial score (nSPS) is 11.2. The van der Waals surface area contributed by atoms with E-state index in [2.05, 4.69) is 14.2 Å². The molecule has 0 aliphatic heterocycles. The van der Waals surface area contributed by atoms with Crippen LogP contribution in [0.15, 0.2) is 0 Å². The fraction of sp³-hybridized carbons (Fsp3) is 0.800. The van der Waals surface area contributed by atoms with Crippen molar-refractivity contribution in [1.29, 1.82) is 0 Å². The van der Waals surface area contributed by atoms with Crippen molar-refractivity contribution in [1.82, 2.24) is 0 Å². The molecule has 6 nitrogen and oxygen atoms in total. The van der Waals surface area contributed by atoms with E-state index in [1.165, 1.54) is 21.3 Å². The topological polar surface area (TPSA) is 82.1 Å². The molecule has 1 atom stereocenters. The van der Waals surface area contributed by atoms with Gasteiger partial charge in [-0.25, -0.2) is 9.59 Å². The summed E-state index contributed by atoms with van der Waals surface area (Å²) >= 11 is 0. The molecule has 0 heterocycles. The van der Waals surface area contributed by atoms with Crippen molar-refractivity contribution in [2.75, 3.05) is 27.9 Å². The molecule has 0 aliphatic carbocycles. The lowest BCUT2D eigenvalue weighted by molar-refractivity contribution is -0.152. The minimum Gasteiger partial charge on any atom is -0.467 e. The van der Waals surface area contributed by atoms with E-state index in [9.17, 15) is 9.59 Å². The third-order valence-corrected chi connectivity index (χ3v) is 1.56. The summed E-state index contributed by atoms with van der Waals surface area (Å²) in [4.78, 5) is 20.5. The lowest BCUT2D eigenvalue weighted by Crippen LogP contribution is -2.26. The number of rotatable bonds is 4. The highest BCUT2D eigenvalue weighted by atomic mass is 16.6. The Bertz CT molecular complexity index is 201. The molecule has 0 aromatic carbocycles. The number of methoxy groups -OCH3 is 3. The Morgan fingerprint density at radius 1 is 1.12 bits per heavy atom. The molecule has 0 bridgehead atoms. The van der Waals surface area contributed by atoms with E-state index < -0.39 is 12.1 Å². The van der Waals surface area contributed by atoms with E-state index in [1.54, 1.807) is 13.8 Å². The largest absolute Gasteiger partial charge is 0.467 e. The SMILES string of the molecule is COC(=O)C(O)C(C)C.COCC(=O)OC.